The van der Waals surface area contributed by atoms with E-state index in [4.69, 9.17) is 9.31 Å². The zero-order chi connectivity index (χ0) is 12.0. The molecule has 0 amide bonds. The van der Waals surface area contributed by atoms with Crippen LogP contribution in [0.25, 0.3) is 0 Å². The van der Waals surface area contributed by atoms with Gasteiger partial charge in [-0.3, -0.25) is 0 Å². The fourth-order valence-electron chi connectivity index (χ4n) is 2.36. The van der Waals surface area contributed by atoms with Gasteiger partial charge in [-0.05, 0) is 53.6 Å². The predicted molar refractivity (Wildman–Crippen MR) is 73.8 cm³/mol. The van der Waals surface area contributed by atoms with E-state index in [1.807, 2.05) is 0 Å². The first-order chi connectivity index (χ1) is 7.27. The van der Waals surface area contributed by atoms with Crippen molar-refractivity contribution in [1.29, 1.82) is 0 Å². The fourth-order valence-corrected chi connectivity index (χ4v) is 2.36. The van der Waals surface area contributed by atoms with Crippen molar-refractivity contribution in [2.24, 2.45) is 0 Å². The minimum atomic E-state index is -0.203. The maximum Gasteiger partial charge on any atom is 0.464 e. The number of hydrogen-bond donors (Lipinski definition) is 1. The lowest BCUT2D eigenvalue weighted by Crippen LogP contribution is -2.42. The molecule has 2 saturated heterocycles. The van der Waals surface area contributed by atoms with Gasteiger partial charge < -0.3 is 14.6 Å². The summed E-state index contributed by atoms with van der Waals surface area (Å²) in [6.07, 6.45) is 2.26. The molecule has 0 spiro atoms. The van der Waals surface area contributed by atoms with E-state index in [1.165, 1.54) is 0 Å². The zero-order valence-corrected chi connectivity index (χ0v) is 12.4. The van der Waals surface area contributed by atoms with E-state index >= 15 is 0 Å². The topological polar surface area (TPSA) is 30.5 Å². The van der Waals surface area contributed by atoms with E-state index in [0.29, 0.717) is 0 Å². The third-order valence-electron chi connectivity index (χ3n) is 4.57. The van der Waals surface area contributed by atoms with E-state index in [2.05, 4.69) is 39.9 Å². The lowest BCUT2D eigenvalue weighted by atomic mass is 9.54. The van der Waals surface area contributed by atoms with Crippen LogP contribution in [-0.2, 0) is 9.31 Å². The van der Waals surface area contributed by atoms with Crippen molar-refractivity contribution >= 4 is 19.5 Å². The average molecular weight is 262 g/mol. The van der Waals surface area contributed by atoms with Gasteiger partial charge in [-0.15, -0.1) is 12.4 Å². The van der Waals surface area contributed by atoms with E-state index in [-0.39, 0.29) is 36.0 Å². The molecule has 2 rings (SSSR count). The highest BCUT2D eigenvalue weighted by Crippen LogP contribution is 2.48. The van der Waals surface area contributed by atoms with E-state index in [0.717, 1.165) is 25.9 Å². The first-order valence-corrected chi connectivity index (χ1v) is 6.33. The number of piperidine rings is 1. The normalized spacial score (nSPS) is 29.8. The quantitative estimate of drug-likeness (QED) is 0.736. The van der Waals surface area contributed by atoms with Crippen molar-refractivity contribution < 1.29 is 9.31 Å². The van der Waals surface area contributed by atoms with Crippen LogP contribution in [0.5, 0.6) is 0 Å². The molecule has 100 valence electrons. The molecule has 0 bridgehead atoms. The highest BCUT2D eigenvalue weighted by molar-refractivity contribution is 6.49. The Kier molecular flexibility index (Phi) is 4.25. The lowest BCUT2D eigenvalue weighted by molar-refractivity contribution is 0.00578. The number of nitrogens with one attached hydrogen (secondary N) is 1. The molecule has 1 N–H and O–H groups in total. The summed E-state index contributed by atoms with van der Waals surface area (Å²) in [4.78, 5) is 0. The lowest BCUT2D eigenvalue weighted by Gasteiger charge is -2.35. The van der Waals surface area contributed by atoms with Crippen molar-refractivity contribution in [3.05, 3.63) is 0 Å². The van der Waals surface area contributed by atoms with Crippen molar-refractivity contribution in [1.82, 2.24) is 5.32 Å². The van der Waals surface area contributed by atoms with Gasteiger partial charge in [0.05, 0.1) is 11.2 Å². The smallest absolute Gasteiger partial charge is 0.403 e. The van der Waals surface area contributed by atoms with Crippen LogP contribution in [-0.4, -0.2) is 31.4 Å². The minimum absolute atomic E-state index is 0. The van der Waals surface area contributed by atoms with Crippen molar-refractivity contribution in [2.45, 2.75) is 64.0 Å². The molecule has 0 aromatic heterocycles. The Balaban J connectivity index is 0.00000144. The van der Waals surface area contributed by atoms with Gasteiger partial charge in [0.25, 0.3) is 0 Å². The summed E-state index contributed by atoms with van der Waals surface area (Å²) in [6.45, 7) is 12.9. The standard InChI is InChI=1S/C12H24BNO2.ClH/c1-10(2)11(3,4)16-13(15-10)12(5)6-8-14-9-7-12;/h14H,6-9H2,1-5H3;1H. The SMILES string of the molecule is CC1(B2OC(C)(C)C(C)(C)O2)CCNCC1.Cl. The van der Waals surface area contributed by atoms with Gasteiger partial charge >= 0.3 is 7.12 Å². The van der Waals surface area contributed by atoms with Gasteiger partial charge in [-0.2, -0.15) is 0 Å². The second kappa shape index (κ2) is 4.73. The largest absolute Gasteiger partial charge is 0.464 e. The number of halogens is 1. The zero-order valence-electron chi connectivity index (χ0n) is 11.6. The van der Waals surface area contributed by atoms with Crippen LogP contribution in [0.4, 0.5) is 0 Å². The predicted octanol–water partition coefficient (Wildman–Crippen LogP) is 2.64. The van der Waals surface area contributed by atoms with Crippen LogP contribution < -0.4 is 5.32 Å². The Hall–Kier alpha value is 0.235. The van der Waals surface area contributed by atoms with Crippen LogP contribution >= 0.6 is 12.4 Å². The van der Waals surface area contributed by atoms with Gasteiger partial charge in [0.2, 0.25) is 0 Å². The molecular weight excluding hydrogens is 236 g/mol. The molecule has 0 aromatic rings. The fraction of sp³-hybridized carbons (Fsp3) is 1.00. The molecule has 0 aromatic carbocycles. The van der Waals surface area contributed by atoms with Gasteiger partial charge in [0.1, 0.15) is 0 Å². The highest BCUT2D eigenvalue weighted by Gasteiger charge is 2.57. The molecule has 2 fully saturated rings. The van der Waals surface area contributed by atoms with Gasteiger partial charge in [-0.1, -0.05) is 6.92 Å². The summed E-state index contributed by atoms with van der Waals surface area (Å²) in [6, 6.07) is 0. The van der Waals surface area contributed by atoms with Crippen molar-refractivity contribution in [2.75, 3.05) is 13.1 Å². The van der Waals surface area contributed by atoms with E-state index < -0.39 is 0 Å². The van der Waals surface area contributed by atoms with Crippen molar-refractivity contribution in [3.63, 3.8) is 0 Å². The summed E-state index contributed by atoms with van der Waals surface area (Å²) in [5, 5.41) is 3.56. The van der Waals surface area contributed by atoms with Crippen LogP contribution in [0.2, 0.25) is 5.31 Å². The summed E-state index contributed by atoms with van der Waals surface area (Å²) in [5.74, 6) is 0. The molecule has 3 nitrogen and oxygen atoms in total. The molecule has 2 heterocycles. The van der Waals surface area contributed by atoms with Crippen LogP contribution in [0, 0.1) is 0 Å². The molecule has 0 atom stereocenters. The number of hydrogen-bond acceptors (Lipinski definition) is 3. The van der Waals surface area contributed by atoms with Gasteiger partial charge in [0, 0.05) is 5.31 Å². The number of rotatable bonds is 1. The molecule has 17 heavy (non-hydrogen) atoms. The summed E-state index contributed by atoms with van der Waals surface area (Å²) in [7, 11) is -0.0559. The summed E-state index contributed by atoms with van der Waals surface area (Å²) < 4.78 is 12.3. The second-order valence-corrected chi connectivity index (χ2v) is 6.49. The summed E-state index contributed by atoms with van der Waals surface area (Å²) >= 11 is 0. The minimum Gasteiger partial charge on any atom is -0.403 e. The van der Waals surface area contributed by atoms with E-state index in [9.17, 15) is 0 Å². The Morgan fingerprint density at radius 3 is 1.71 bits per heavy atom. The molecular formula is C12H25BClNO2. The van der Waals surface area contributed by atoms with E-state index in [1.54, 1.807) is 0 Å². The van der Waals surface area contributed by atoms with Crippen LogP contribution in [0.3, 0.4) is 0 Å². The monoisotopic (exact) mass is 261 g/mol. The third-order valence-corrected chi connectivity index (χ3v) is 4.57. The highest BCUT2D eigenvalue weighted by atomic mass is 35.5. The van der Waals surface area contributed by atoms with Crippen molar-refractivity contribution in [3.8, 4) is 0 Å². The Morgan fingerprint density at radius 1 is 0.882 bits per heavy atom. The first-order valence-electron chi connectivity index (χ1n) is 6.33. The van der Waals surface area contributed by atoms with Crippen LogP contribution in [0.15, 0.2) is 0 Å². The second-order valence-electron chi connectivity index (χ2n) is 6.49. The maximum atomic E-state index is 6.16. The maximum absolute atomic E-state index is 6.16. The molecule has 0 aliphatic carbocycles. The Labute approximate surface area is 112 Å². The Morgan fingerprint density at radius 2 is 1.29 bits per heavy atom. The van der Waals surface area contributed by atoms with Gasteiger partial charge in [-0.25, -0.2) is 0 Å². The molecule has 5 heteroatoms. The molecule has 0 unspecified atom stereocenters. The van der Waals surface area contributed by atoms with Crippen LogP contribution in [0.1, 0.15) is 47.5 Å². The average Bonchev–Trinajstić information content (AvgIpc) is 2.38. The Bertz CT molecular complexity index is 262. The molecule has 0 saturated carbocycles. The first kappa shape index (κ1) is 15.3. The third kappa shape index (κ3) is 2.65. The summed E-state index contributed by atoms with van der Waals surface area (Å²) in [5.41, 5.74) is -0.406. The van der Waals surface area contributed by atoms with Gasteiger partial charge in [0.15, 0.2) is 0 Å². The molecule has 2 aliphatic heterocycles. The molecule has 0 radical (unpaired) electrons. The molecule has 2 aliphatic rings.